The van der Waals surface area contributed by atoms with Crippen LogP contribution in [0.25, 0.3) is 0 Å². The van der Waals surface area contributed by atoms with E-state index in [9.17, 15) is 4.79 Å². The van der Waals surface area contributed by atoms with Crippen molar-refractivity contribution in [1.82, 2.24) is 15.5 Å². The molecule has 0 saturated carbocycles. The summed E-state index contributed by atoms with van der Waals surface area (Å²) in [4.78, 5) is 12.3. The largest absolute Gasteiger partial charge is 0.396 e. The topological polar surface area (TPSA) is 78.0 Å². The summed E-state index contributed by atoms with van der Waals surface area (Å²) in [5.74, 6) is 0.686. The Hall–Kier alpha value is -1.01. The van der Waals surface area contributed by atoms with Crippen LogP contribution in [0.5, 0.6) is 0 Å². The Morgan fingerprint density at radius 2 is 2.32 bits per heavy atom. The van der Waals surface area contributed by atoms with Gasteiger partial charge in [-0.2, -0.15) is 16.9 Å². The van der Waals surface area contributed by atoms with Gasteiger partial charge in [0.15, 0.2) is 5.69 Å². The maximum atomic E-state index is 12.3. The van der Waals surface area contributed by atoms with Crippen LogP contribution in [-0.4, -0.2) is 45.9 Å². The van der Waals surface area contributed by atoms with Gasteiger partial charge in [-0.25, -0.2) is 0 Å². The Morgan fingerprint density at radius 1 is 1.53 bits per heavy atom. The van der Waals surface area contributed by atoms with Gasteiger partial charge in [0, 0.05) is 29.7 Å². The first-order valence-electron chi connectivity index (χ1n) is 6.73. The zero-order chi connectivity index (χ0) is 13.7. The highest BCUT2D eigenvalue weighted by Gasteiger charge is 2.23. The molecule has 1 aliphatic carbocycles. The highest BCUT2D eigenvalue weighted by molar-refractivity contribution is 7.98. The van der Waals surface area contributed by atoms with E-state index in [2.05, 4.69) is 15.5 Å². The zero-order valence-electron chi connectivity index (χ0n) is 11.2. The summed E-state index contributed by atoms with van der Waals surface area (Å²) < 4.78 is 0. The van der Waals surface area contributed by atoms with Crippen LogP contribution < -0.4 is 5.32 Å². The number of nitrogens with one attached hydrogen (secondary N) is 2. The van der Waals surface area contributed by atoms with Crippen LogP contribution in [-0.2, 0) is 12.8 Å². The van der Waals surface area contributed by atoms with Crippen molar-refractivity contribution in [2.45, 2.75) is 38.1 Å². The summed E-state index contributed by atoms with van der Waals surface area (Å²) in [7, 11) is 0. The second kappa shape index (κ2) is 6.96. The molecule has 1 amide bonds. The molecule has 1 atom stereocenters. The summed E-state index contributed by atoms with van der Waals surface area (Å²) in [6.45, 7) is 0.0875. The first kappa shape index (κ1) is 14.4. The quantitative estimate of drug-likeness (QED) is 0.731. The Kier molecular flexibility index (Phi) is 5.27. The number of nitrogens with zero attached hydrogens (tertiary/aromatic N) is 1. The number of fused-ring (bicyclic) bond motifs is 1. The number of H-pyrrole nitrogens is 1. The lowest BCUT2D eigenvalue weighted by Crippen LogP contribution is -2.38. The van der Waals surface area contributed by atoms with Crippen molar-refractivity contribution in [2.75, 3.05) is 18.6 Å². The lowest BCUT2D eigenvalue weighted by atomic mass is 9.95. The first-order valence-corrected chi connectivity index (χ1v) is 8.12. The summed E-state index contributed by atoms with van der Waals surface area (Å²) in [5, 5.41) is 19.1. The van der Waals surface area contributed by atoms with Crippen molar-refractivity contribution in [2.24, 2.45) is 0 Å². The molecule has 0 aliphatic heterocycles. The summed E-state index contributed by atoms with van der Waals surface area (Å²) >= 11 is 1.66. The van der Waals surface area contributed by atoms with Gasteiger partial charge in [0.25, 0.3) is 5.91 Å². The molecule has 0 fully saturated rings. The van der Waals surface area contributed by atoms with Crippen LogP contribution in [0.2, 0.25) is 0 Å². The van der Waals surface area contributed by atoms with E-state index in [1.54, 1.807) is 11.8 Å². The number of aryl methyl sites for hydroxylation is 1. The number of carbonyl (C=O) groups excluding carboxylic acids is 1. The number of aliphatic hydroxyl groups excluding tert-OH is 1. The molecule has 1 aromatic heterocycles. The summed E-state index contributed by atoms with van der Waals surface area (Å²) in [5.41, 5.74) is 2.73. The molecule has 2 rings (SSSR count). The standard InChI is InChI=1S/C13H21N3O2S/c1-19-8-9(6-7-17)14-13(18)12-10-4-2-3-5-11(10)15-16-12/h9,17H,2-8H2,1H3,(H,14,18)(H,15,16). The molecule has 106 valence electrons. The number of amides is 1. The van der Waals surface area contributed by atoms with Crippen LogP contribution in [0.15, 0.2) is 0 Å². The minimum absolute atomic E-state index is 0.00319. The van der Waals surface area contributed by atoms with Crippen molar-refractivity contribution in [1.29, 1.82) is 0 Å². The molecule has 1 aromatic rings. The molecule has 5 nitrogen and oxygen atoms in total. The van der Waals surface area contributed by atoms with Crippen molar-refractivity contribution < 1.29 is 9.90 Å². The highest BCUT2D eigenvalue weighted by Crippen LogP contribution is 2.22. The lowest BCUT2D eigenvalue weighted by molar-refractivity contribution is 0.0929. The van der Waals surface area contributed by atoms with Gasteiger partial charge in [0.2, 0.25) is 0 Å². The molecule has 6 heteroatoms. The van der Waals surface area contributed by atoms with Gasteiger partial charge in [-0.3, -0.25) is 9.89 Å². The Morgan fingerprint density at radius 3 is 3.05 bits per heavy atom. The lowest BCUT2D eigenvalue weighted by Gasteiger charge is -2.17. The van der Waals surface area contributed by atoms with Gasteiger partial charge in [-0.1, -0.05) is 0 Å². The predicted octanol–water partition coefficient (Wildman–Crippen LogP) is 1.13. The smallest absolute Gasteiger partial charge is 0.272 e. The molecule has 3 N–H and O–H groups in total. The molecule has 0 radical (unpaired) electrons. The molecule has 19 heavy (non-hydrogen) atoms. The number of aromatic amines is 1. The van der Waals surface area contributed by atoms with Crippen LogP contribution in [0.1, 0.15) is 41.0 Å². The SMILES string of the molecule is CSCC(CCO)NC(=O)c1n[nH]c2c1CCCC2. The molecule has 1 aliphatic rings. The van der Waals surface area contributed by atoms with E-state index in [-0.39, 0.29) is 18.6 Å². The number of carbonyl (C=O) groups is 1. The second-order valence-corrected chi connectivity index (χ2v) is 5.79. The third-order valence-corrected chi connectivity index (χ3v) is 4.19. The number of thioether (sulfide) groups is 1. The van der Waals surface area contributed by atoms with Gasteiger partial charge in [0.1, 0.15) is 0 Å². The molecule has 0 bridgehead atoms. The number of hydrogen-bond donors (Lipinski definition) is 3. The maximum Gasteiger partial charge on any atom is 0.272 e. The van der Waals surface area contributed by atoms with Crippen molar-refractivity contribution >= 4 is 17.7 Å². The van der Waals surface area contributed by atoms with Crippen molar-refractivity contribution in [3.63, 3.8) is 0 Å². The van der Waals surface area contributed by atoms with Gasteiger partial charge in [-0.15, -0.1) is 0 Å². The number of aliphatic hydroxyl groups is 1. The number of rotatable bonds is 6. The molecule has 0 saturated heterocycles. The molecule has 0 aromatic carbocycles. The Bertz CT molecular complexity index is 428. The first-order chi connectivity index (χ1) is 9.26. The van der Waals surface area contributed by atoms with Gasteiger partial charge in [0.05, 0.1) is 0 Å². The van der Waals surface area contributed by atoms with Gasteiger partial charge < -0.3 is 10.4 Å². The van der Waals surface area contributed by atoms with E-state index in [0.29, 0.717) is 12.1 Å². The van der Waals surface area contributed by atoms with Crippen LogP contribution in [0.3, 0.4) is 0 Å². The number of aromatic nitrogens is 2. The average molecular weight is 283 g/mol. The third kappa shape index (κ3) is 3.51. The fourth-order valence-corrected chi connectivity index (χ4v) is 3.13. The monoisotopic (exact) mass is 283 g/mol. The van der Waals surface area contributed by atoms with Crippen molar-refractivity contribution in [3.05, 3.63) is 17.0 Å². The van der Waals surface area contributed by atoms with Crippen LogP contribution >= 0.6 is 11.8 Å². The van der Waals surface area contributed by atoms with E-state index in [0.717, 1.165) is 42.7 Å². The third-order valence-electron chi connectivity index (χ3n) is 3.45. The van der Waals surface area contributed by atoms with E-state index < -0.39 is 0 Å². The van der Waals surface area contributed by atoms with Gasteiger partial charge >= 0.3 is 0 Å². The molecule has 1 unspecified atom stereocenters. The van der Waals surface area contributed by atoms with Gasteiger partial charge in [-0.05, 0) is 38.4 Å². The zero-order valence-corrected chi connectivity index (χ0v) is 12.1. The second-order valence-electron chi connectivity index (χ2n) is 4.87. The Balaban J connectivity index is 2.04. The highest BCUT2D eigenvalue weighted by atomic mass is 32.2. The normalized spacial score (nSPS) is 15.9. The van der Waals surface area contributed by atoms with Crippen LogP contribution in [0, 0.1) is 0 Å². The molecule has 1 heterocycles. The average Bonchev–Trinajstić information content (AvgIpc) is 2.83. The minimum atomic E-state index is -0.119. The Labute approximate surface area is 117 Å². The van der Waals surface area contributed by atoms with E-state index >= 15 is 0 Å². The maximum absolute atomic E-state index is 12.3. The van der Waals surface area contributed by atoms with Crippen molar-refractivity contribution in [3.8, 4) is 0 Å². The van der Waals surface area contributed by atoms with E-state index in [4.69, 9.17) is 5.11 Å². The number of hydrogen-bond acceptors (Lipinski definition) is 4. The summed E-state index contributed by atoms with van der Waals surface area (Å²) in [6, 6.07) is 0.00319. The van der Waals surface area contributed by atoms with E-state index in [1.807, 2.05) is 6.26 Å². The summed E-state index contributed by atoms with van der Waals surface area (Å²) in [6.07, 6.45) is 6.78. The fourth-order valence-electron chi connectivity index (χ4n) is 2.48. The molecule has 0 spiro atoms. The molecular weight excluding hydrogens is 262 g/mol. The predicted molar refractivity (Wildman–Crippen MR) is 76.6 cm³/mol. The fraction of sp³-hybridized carbons (Fsp3) is 0.692. The molecular formula is C13H21N3O2S. The van der Waals surface area contributed by atoms with E-state index in [1.165, 1.54) is 0 Å². The minimum Gasteiger partial charge on any atom is -0.396 e. The van der Waals surface area contributed by atoms with Crippen LogP contribution in [0.4, 0.5) is 0 Å².